The summed E-state index contributed by atoms with van der Waals surface area (Å²) in [6.45, 7) is 10.1. The first-order valence-corrected chi connectivity index (χ1v) is 11.4. The number of rotatable bonds is 7. The van der Waals surface area contributed by atoms with Gasteiger partial charge in [0.1, 0.15) is 5.82 Å². The molecule has 1 fully saturated rings. The molecule has 1 aliphatic heterocycles. The molecule has 2 aromatic heterocycles. The molecule has 172 valence electrons. The molecular formula is C25H30FN7. The van der Waals surface area contributed by atoms with Crippen LogP contribution in [0.2, 0.25) is 0 Å². The Kier molecular flexibility index (Phi) is 6.99. The van der Waals surface area contributed by atoms with Crippen LogP contribution in [-0.4, -0.2) is 59.5 Å². The molecule has 1 atom stereocenters. The molecular weight excluding hydrogens is 417 g/mol. The zero-order valence-corrected chi connectivity index (χ0v) is 19.5. The zero-order valence-electron chi connectivity index (χ0n) is 19.5. The molecule has 0 saturated carbocycles. The van der Waals surface area contributed by atoms with Crippen molar-refractivity contribution in [3.05, 3.63) is 52.8 Å². The second kappa shape index (κ2) is 10.1. The third-order valence-corrected chi connectivity index (χ3v) is 6.45. The Morgan fingerprint density at radius 1 is 1.15 bits per heavy atom. The maximum absolute atomic E-state index is 12.5. The fourth-order valence-corrected chi connectivity index (χ4v) is 4.45. The highest BCUT2D eigenvalue weighted by Crippen LogP contribution is 2.30. The van der Waals surface area contributed by atoms with E-state index in [4.69, 9.17) is 4.98 Å². The highest BCUT2D eigenvalue weighted by atomic mass is 19.1. The maximum Gasteiger partial charge on any atom is 0.157 e. The summed E-state index contributed by atoms with van der Waals surface area (Å²) in [5.41, 5.74) is 3.54. The lowest BCUT2D eigenvalue weighted by atomic mass is 9.98. The first-order valence-electron chi connectivity index (χ1n) is 11.4. The van der Waals surface area contributed by atoms with Crippen molar-refractivity contribution in [2.75, 3.05) is 49.6 Å². The van der Waals surface area contributed by atoms with Crippen molar-refractivity contribution < 1.29 is 4.39 Å². The summed E-state index contributed by atoms with van der Waals surface area (Å²) >= 11 is 0. The van der Waals surface area contributed by atoms with E-state index in [1.165, 1.54) is 0 Å². The van der Waals surface area contributed by atoms with Gasteiger partial charge in [0.2, 0.25) is 0 Å². The summed E-state index contributed by atoms with van der Waals surface area (Å²) in [4.78, 5) is 9.29. The van der Waals surface area contributed by atoms with Gasteiger partial charge in [0.15, 0.2) is 5.82 Å². The molecule has 0 spiro atoms. The molecule has 8 heteroatoms. The van der Waals surface area contributed by atoms with Gasteiger partial charge < -0.3 is 10.2 Å². The Labute approximate surface area is 194 Å². The lowest BCUT2D eigenvalue weighted by Crippen LogP contribution is -2.47. The van der Waals surface area contributed by atoms with Crippen molar-refractivity contribution in [1.29, 1.82) is 5.26 Å². The number of nitrogens with one attached hydrogen (secondary N) is 1. The van der Waals surface area contributed by atoms with Gasteiger partial charge in [-0.3, -0.25) is 9.29 Å². The Morgan fingerprint density at radius 3 is 2.67 bits per heavy atom. The standard InChI is InChI=1S/C25H30FN7/c1-17-20(15-27)6-4-7-21(17)18(2)29-25-22-14-24(28-16-23(22)19(3)30-31-25)33-12-10-32(11-13-33)9-5-8-26/h4,6-7,14,16,18H,5,8-13H2,1-3H3,(H,29,31)/t18-/m1/s1. The molecule has 0 unspecified atom stereocenters. The number of hydrogen-bond donors (Lipinski definition) is 1. The molecule has 0 radical (unpaired) electrons. The summed E-state index contributed by atoms with van der Waals surface area (Å²) in [7, 11) is 0. The van der Waals surface area contributed by atoms with Crippen molar-refractivity contribution >= 4 is 22.4 Å². The highest BCUT2D eigenvalue weighted by Gasteiger charge is 2.20. The lowest BCUT2D eigenvalue weighted by Gasteiger charge is -2.35. The number of anilines is 2. The van der Waals surface area contributed by atoms with E-state index in [2.05, 4.69) is 44.4 Å². The van der Waals surface area contributed by atoms with E-state index < -0.39 is 0 Å². The average molecular weight is 448 g/mol. The molecule has 0 amide bonds. The van der Waals surface area contributed by atoms with Gasteiger partial charge in [0.25, 0.3) is 0 Å². The van der Waals surface area contributed by atoms with E-state index in [9.17, 15) is 9.65 Å². The van der Waals surface area contributed by atoms with Crippen LogP contribution in [0.5, 0.6) is 0 Å². The van der Waals surface area contributed by atoms with Crippen LogP contribution in [0.1, 0.15) is 41.8 Å². The predicted octanol–water partition coefficient (Wildman–Crippen LogP) is 4.17. The monoisotopic (exact) mass is 447 g/mol. The van der Waals surface area contributed by atoms with Crippen molar-refractivity contribution in [2.24, 2.45) is 0 Å². The quantitative estimate of drug-likeness (QED) is 0.582. The van der Waals surface area contributed by atoms with Gasteiger partial charge in [-0.25, -0.2) is 4.98 Å². The second-order valence-electron chi connectivity index (χ2n) is 8.59. The number of alkyl halides is 1. The number of nitriles is 1. The van der Waals surface area contributed by atoms with Crippen molar-refractivity contribution in [3.63, 3.8) is 0 Å². The van der Waals surface area contributed by atoms with Crippen LogP contribution < -0.4 is 10.2 Å². The molecule has 4 rings (SSSR count). The second-order valence-corrected chi connectivity index (χ2v) is 8.59. The minimum absolute atomic E-state index is 0.0471. The Balaban J connectivity index is 1.59. The molecule has 1 saturated heterocycles. The average Bonchev–Trinajstić information content (AvgIpc) is 2.84. The van der Waals surface area contributed by atoms with Crippen molar-refractivity contribution in [1.82, 2.24) is 20.1 Å². The van der Waals surface area contributed by atoms with E-state index in [1.54, 1.807) is 0 Å². The van der Waals surface area contributed by atoms with Crippen LogP contribution in [0.25, 0.3) is 10.8 Å². The minimum atomic E-state index is -0.263. The lowest BCUT2D eigenvalue weighted by molar-refractivity contribution is 0.244. The maximum atomic E-state index is 12.5. The number of piperazine rings is 1. The van der Waals surface area contributed by atoms with E-state index >= 15 is 0 Å². The summed E-state index contributed by atoms with van der Waals surface area (Å²) in [5, 5.41) is 23.6. The minimum Gasteiger partial charge on any atom is -0.362 e. The first-order chi connectivity index (χ1) is 16.0. The van der Waals surface area contributed by atoms with Gasteiger partial charge in [0, 0.05) is 49.7 Å². The molecule has 33 heavy (non-hydrogen) atoms. The van der Waals surface area contributed by atoms with Crippen LogP contribution in [0.15, 0.2) is 30.5 Å². The molecule has 3 aromatic rings. The van der Waals surface area contributed by atoms with Gasteiger partial charge in [-0.05, 0) is 50.5 Å². The van der Waals surface area contributed by atoms with Crippen LogP contribution in [0.4, 0.5) is 16.0 Å². The van der Waals surface area contributed by atoms with Crippen molar-refractivity contribution in [3.8, 4) is 6.07 Å². The molecule has 7 nitrogen and oxygen atoms in total. The van der Waals surface area contributed by atoms with E-state index in [1.807, 2.05) is 38.2 Å². The summed E-state index contributed by atoms with van der Waals surface area (Å²) in [6.07, 6.45) is 2.47. The Bertz CT molecular complexity index is 1170. The summed E-state index contributed by atoms with van der Waals surface area (Å²) in [6, 6.07) is 10.1. The third-order valence-electron chi connectivity index (χ3n) is 6.45. The molecule has 0 bridgehead atoms. The van der Waals surface area contributed by atoms with Crippen LogP contribution in [0.3, 0.4) is 0 Å². The van der Waals surface area contributed by atoms with Gasteiger partial charge in [-0.1, -0.05) is 12.1 Å². The van der Waals surface area contributed by atoms with Gasteiger partial charge in [0.05, 0.1) is 30.0 Å². The van der Waals surface area contributed by atoms with Crippen LogP contribution in [0, 0.1) is 25.2 Å². The van der Waals surface area contributed by atoms with Crippen molar-refractivity contribution in [2.45, 2.75) is 33.2 Å². The van der Waals surface area contributed by atoms with E-state index in [-0.39, 0.29) is 12.7 Å². The zero-order chi connectivity index (χ0) is 23.4. The molecule has 1 N–H and O–H groups in total. The van der Waals surface area contributed by atoms with Crippen LogP contribution in [-0.2, 0) is 0 Å². The van der Waals surface area contributed by atoms with Gasteiger partial charge in [-0.15, -0.1) is 5.10 Å². The number of fused-ring (bicyclic) bond motifs is 1. The Hall–Kier alpha value is -3.31. The first kappa shape index (κ1) is 22.9. The van der Waals surface area contributed by atoms with Gasteiger partial charge in [-0.2, -0.15) is 10.4 Å². The fourth-order valence-electron chi connectivity index (χ4n) is 4.45. The number of aryl methyl sites for hydroxylation is 1. The number of benzene rings is 1. The SMILES string of the molecule is Cc1c(C#N)cccc1[C@@H](C)Nc1nnc(C)c2cnc(N3CCN(CCCF)CC3)cc12. The number of nitrogens with zero attached hydrogens (tertiary/aromatic N) is 6. The topological polar surface area (TPSA) is 81.0 Å². The molecule has 1 aromatic carbocycles. The molecule has 3 heterocycles. The van der Waals surface area contributed by atoms with E-state index in [0.717, 1.165) is 66.1 Å². The highest BCUT2D eigenvalue weighted by molar-refractivity contribution is 5.94. The summed E-state index contributed by atoms with van der Waals surface area (Å²) in [5.74, 6) is 1.62. The largest absolute Gasteiger partial charge is 0.362 e. The smallest absolute Gasteiger partial charge is 0.157 e. The molecule has 1 aliphatic rings. The normalized spacial score (nSPS) is 15.4. The number of aromatic nitrogens is 3. The number of halogens is 1. The fraction of sp³-hybridized carbons (Fsp3) is 0.440. The molecule has 0 aliphatic carbocycles. The Morgan fingerprint density at radius 2 is 1.94 bits per heavy atom. The van der Waals surface area contributed by atoms with Crippen LogP contribution >= 0.6 is 0 Å². The summed E-state index contributed by atoms with van der Waals surface area (Å²) < 4.78 is 12.5. The third kappa shape index (κ3) is 4.88. The number of pyridine rings is 1. The number of hydrogen-bond acceptors (Lipinski definition) is 7. The predicted molar refractivity (Wildman–Crippen MR) is 129 cm³/mol. The van der Waals surface area contributed by atoms with E-state index in [0.29, 0.717) is 17.8 Å². The van der Waals surface area contributed by atoms with Gasteiger partial charge >= 0.3 is 0 Å².